The molecule has 0 saturated heterocycles. The van der Waals surface area contributed by atoms with Crippen molar-refractivity contribution in [2.45, 2.75) is 20.3 Å². The smallest absolute Gasteiger partial charge is 0.328 e. The van der Waals surface area contributed by atoms with E-state index in [4.69, 9.17) is 16.1 Å². The van der Waals surface area contributed by atoms with Gasteiger partial charge in [-0.3, -0.25) is 10.1 Å². The Morgan fingerprint density at radius 1 is 1.50 bits per heavy atom. The number of carbonyl (C=O) groups is 1. The van der Waals surface area contributed by atoms with Crippen molar-refractivity contribution in [3.8, 4) is 0 Å². The maximum atomic E-state index is 11.9. The van der Waals surface area contributed by atoms with Crippen LogP contribution in [-0.2, 0) is 0 Å². The molecule has 2 heterocycles. The Hall–Kier alpha value is -2.15. The van der Waals surface area contributed by atoms with Crippen LogP contribution in [0.5, 0.6) is 0 Å². The average molecular weight is 296 g/mol. The van der Waals surface area contributed by atoms with Crippen LogP contribution < -0.4 is 10.6 Å². The average Bonchev–Trinajstić information content (AvgIpc) is 2.82. The molecule has 0 aliphatic rings. The number of amides is 1. The molecule has 0 radical (unpaired) electrons. The molecule has 7 nitrogen and oxygen atoms in total. The van der Waals surface area contributed by atoms with E-state index in [2.05, 4.69) is 25.8 Å². The molecule has 0 aromatic carbocycles. The van der Waals surface area contributed by atoms with Crippen LogP contribution in [0.2, 0.25) is 5.02 Å². The van der Waals surface area contributed by atoms with E-state index in [0.717, 1.165) is 13.0 Å². The summed E-state index contributed by atoms with van der Waals surface area (Å²) in [5, 5.41) is 9.50. The van der Waals surface area contributed by atoms with E-state index in [0.29, 0.717) is 22.2 Å². The molecular weight excluding hydrogens is 282 g/mol. The minimum Gasteiger partial charge on any atom is -0.369 e. The van der Waals surface area contributed by atoms with Crippen LogP contribution in [0.4, 0.5) is 11.8 Å². The molecule has 0 aliphatic heterocycles. The molecule has 0 fully saturated rings. The lowest BCUT2D eigenvalue weighted by Gasteiger charge is -2.07. The zero-order valence-corrected chi connectivity index (χ0v) is 11.9. The van der Waals surface area contributed by atoms with Gasteiger partial charge in [0, 0.05) is 12.7 Å². The number of halogens is 1. The summed E-state index contributed by atoms with van der Waals surface area (Å²) in [4.78, 5) is 19.9. The monoisotopic (exact) mass is 295 g/mol. The quantitative estimate of drug-likeness (QED) is 0.880. The largest absolute Gasteiger partial charge is 0.369 e. The summed E-state index contributed by atoms with van der Waals surface area (Å²) in [7, 11) is 0. The molecule has 0 bridgehead atoms. The predicted octanol–water partition coefficient (Wildman–Crippen LogP) is 2.50. The third-order valence-electron chi connectivity index (χ3n) is 2.39. The lowest BCUT2D eigenvalue weighted by Crippen LogP contribution is -2.13. The number of pyridine rings is 1. The zero-order valence-electron chi connectivity index (χ0n) is 11.1. The van der Waals surface area contributed by atoms with Gasteiger partial charge in [-0.1, -0.05) is 23.7 Å². The molecule has 20 heavy (non-hydrogen) atoms. The summed E-state index contributed by atoms with van der Waals surface area (Å²) in [6.45, 7) is 4.46. The van der Waals surface area contributed by atoms with Crippen LogP contribution in [0.1, 0.15) is 29.5 Å². The van der Waals surface area contributed by atoms with Gasteiger partial charge in [-0.15, -0.1) is 0 Å². The maximum absolute atomic E-state index is 11.9. The Morgan fingerprint density at radius 3 is 2.90 bits per heavy atom. The third-order valence-corrected chi connectivity index (χ3v) is 2.68. The van der Waals surface area contributed by atoms with Crippen LogP contribution in [-0.4, -0.2) is 27.6 Å². The number of hydrogen-bond donors (Lipinski definition) is 2. The number of aromatic nitrogens is 3. The van der Waals surface area contributed by atoms with Gasteiger partial charge >= 0.3 is 6.01 Å². The second kappa shape index (κ2) is 6.33. The van der Waals surface area contributed by atoms with Gasteiger partial charge in [-0.2, -0.15) is 4.98 Å². The van der Waals surface area contributed by atoms with Crippen molar-refractivity contribution in [1.29, 1.82) is 0 Å². The standard InChI is InChI=1S/C12H14ClN5O2/c1-3-4-14-10-9(13)5-8(6-15-10)11(19)17-12-16-7(2)18-20-12/h5-6H,3-4H2,1-2H3,(H,14,15)(H,16,17,18,19). The molecule has 0 spiro atoms. The summed E-state index contributed by atoms with van der Waals surface area (Å²) in [6.07, 6.45) is 2.39. The molecule has 2 aromatic rings. The highest BCUT2D eigenvalue weighted by Crippen LogP contribution is 2.20. The molecule has 0 saturated carbocycles. The molecule has 2 rings (SSSR count). The van der Waals surface area contributed by atoms with E-state index < -0.39 is 5.91 Å². The van der Waals surface area contributed by atoms with E-state index in [-0.39, 0.29) is 6.01 Å². The summed E-state index contributed by atoms with van der Waals surface area (Å²) in [5.41, 5.74) is 0.313. The minimum absolute atomic E-state index is 0.0387. The van der Waals surface area contributed by atoms with Crippen LogP contribution in [0.3, 0.4) is 0 Å². The second-order valence-corrected chi connectivity index (χ2v) is 4.49. The number of hydrogen-bond acceptors (Lipinski definition) is 6. The van der Waals surface area contributed by atoms with Gasteiger partial charge in [0.25, 0.3) is 5.91 Å². The SMILES string of the molecule is CCCNc1ncc(C(=O)Nc2nc(C)no2)cc1Cl. The van der Waals surface area contributed by atoms with Crippen molar-refractivity contribution in [1.82, 2.24) is 15.1 Å². The molecule has 1 amide bonds. The first kappa shape index (κ1) is 14.3. The predicted molar refractivity (Wildman–Crippen MR) is 75.0 cm³/mol. The van der Waals surface area contributed by atoms with E-state index in [9.17, 15) is 4.79 Å². The molecular formula is C12H14ClN5O2. The Morgan fingerprint density at radius 2 is 2.30 bits per heavy atom. The number of aryl methyl sites for hydroxylation is 1. The van der Waals surface area contributed by atoms with Gasteiger partial charge in [0.1, 0.15) is 5.82 Å². The summed E-state index contributed by atoms with van der Waals surface area (Å²) in [5.74, 6) is 0.583. The summed E-state index contributed by atoms with van der Waals surface area (Å²) < 4.78 is 4.80. The molecule has 0 aliphatic carbocycles. The van der Waals surface area contributed by atoms with Gasteiger partial charge in [0.15, 0.2) is 5.82 Å². The van der Waals surface area contributed by atoms with Crippen molar-refractivity contribution < 1.29 is 9.32 Å². The first-order valence-corrected chi connectivity index (χ1v) is 6.49. The number of carbonyl (C=O) groups excluding carboxylic acids is 1. The number of nitrogens with one attached hydrogen (secondary N) is 2. The molecule has 8 heteroatoms. The fourth-order valence-corrected chi connectivity index (χ4v) is 1.69. The number of rotatable bonds is 5. The molecule has 0 atom stereocenters. The Balaban J connectivity index is 2.08. The Labute approximate surface area is 120 Å². The van der Waals surface area contributed by atoms with Gasteiger partial charge in [-0.05, 0) is 19.4 Å². The highest BCUT2D eigenvalue weighted by atomic mass is 35.5. The number of nitrogens with zero attached hydrogens (tertiary/aromatic N) is 3. The fourth-order valence-electron chi connectivity index (χ4n) is 1.45. The first-order chi connectivity index (χ1) is 9.60. The van der Waals surface area contributed by atoms with Crippen LogP contribution in [0.15, 0.2) is 16.8 Å². The lowest BCUT2D eigenvalue weighted by atomic mass is 10.2. The lowest BCUT2D eigenvalue weighted by molar-refractivity contribution is 0.102. The zero-order chi connectivity index (χ0) is 14.5. The molecule has 106 valence electrons. The minimum atomic E-state index is -0.412. The number of anilines is 2. The Kier molecular flexibility index (Phi) is 4.52. The normalized spacial score (nSPS) is 10.3. The molecule has 0 unspecified atom stereocenters. The van der Waals surface area contributed by atoms with E-state index in [1.807, 2.05) is 6.92 Å². The molecule has 2 aromatic heterocycles. The van der Waals surface area contributed by atoms with Crippen LogP contribution in [0.25, 0.3) is 0 Å². The summed E-state index contributed by atoms with van der Waals surface area (Å²) in [6, 6.07) is 1.57. The van der Waals surface area contributed by atoms with Crippen molar-refractivity contribution in [2.75, 3.05) is 17.2 Å². The fraction of sp³-hybridized carbons (Fsp3) is 0.333. The second-order valence-electron chi connectivity index (χ2n) is 4.08. The first-order valence-electron chi connectivity index (χ1n) is 6.11. The molecule has 2 N–H and O–H groups in total. The van der Waals surface area contributed by atoms with Gasteiger partial charge in [0.2, 0.25) is 0 Å². The van der Waals surface area contributed by atoms with Gasteiger partial charge in [-0.25, -0.2) is 4.98 Å². The van der Waals surface area contributed by atoms with Crippen molar-refractivity contribution >= 4 is 29.3 Å². The maximum Gasteiger partial charge on any atom is 0.328 e. The van der Waals surface area contributed by atoms with Gasteiger partial charge < -0.3 is 9.84 Å². The van der Waals surface area contributed by atoms with Crippen molar-refractivity contribution in [3.05, 3.63) is 28.7 Å². The Bertz CT molecular complexity index is 614. The topological polar surface area (TPSA) is 92.9 Å². The third kappa shape index (κ3) is 3.45. The van der Waals surface area contributed by atoms with Crippen molar-refractivity contribution in [3.63, 3.8) is 0 Å². The summed E-state index contributed by atoms with van der Waals surface area (Å²) >= 11 is 6.06. The van der Waals surface area contributed by atoms with E-state index >= 15 is 0 Å². The highest BCUT2D eigenvalue weighted by Gasteiger charge is 2.13. The van der Waals surface area contributed by atoms with Gasteiger partial charge in [0.05, 0.1) is 10.6 Å². The van der Waals surface area contributed by atoms with Crippen LogP contribution >= 0.6 is 11.6 Å². The highest BCUT2D eigenvalue weighted by molar-refractivity contribution is 6.33. The van der Waals surface area contributed by atoms with E-state index in [1.165, 1.54) is 12.3 Å². The van der Waals surface area contributed by atoms with Crippen molar-refractivity contribution in [2.24, 2.45) is 0 Å². The van der Waals surface area contributed by atoms with Crippen LogP contribution in [0, 0.1) is 6.92 Å². The van der Waals surface area contributed by atoms with E-state index in [1.54, 1.807) is 6.92 Å².